The Morgan fingerprint density at radius 2 is 1.50 bits per heavy atom. The summed E-state index contributed by atoms with van der Waals surface area (Å²) < 4.78 is 5.77. The number of imide groups is 1. The summed E-state index contributed by atoms with van der Waals surface area (Å²) in [6.07, 6.45) is 0.825. The zero-order valence-corrected chi connectivity index (χ0v) is 15.7. The summed E-state index contributed by atoms with van der Waals surface area (Å²) in [5.74, 6) is 0.795. The van der Waals surface area contributed by atoms with E-state index in [1.807, 2.05) is 61.5 Å². The third-order valence-electron chi connectivity index (χ3n) is 4.92. The SMILES string of the molecule is Cc1ccc(CC2CC(=O)N(c3ccc(Oc4ccccc4)cc3)C2=O)cc1. The molecule has 1 saturated heterocycles. The van der Waals surface area contributed by atoms with Gasteiger partial charge in [0.25, 0.3) is 0 Å². The number of aryl methyl sites for hydroxylation is 1. The summed E-state index contributed by atoms with van der Waals surface area (Å²) in [7, 11) is 0. The lowest BCUT2D eigenvalue weighted by molar-refractivity contribution is -0.122. The summed E-state index contributed by atoms with van der Waals surface area (Å²) in [4.78, 5) is 26.6. The van der Waals surface area contributed by atoms with Gasteiger partial charge in [0.1, 0.15) is 11.5 Å². The van der Waals surface area contributed by atoms with Gasteiger partial charge in [-0.3, -0.25) is 14.5 Å². The summed E-state index contributed by atoms with van der Waals surface area (Å²) in [6, 6.07) is 24.6. The van der Waals surface area contributed by atoms with Gasteiger partial charge in [-0.2, -0.15) is 0 Å². The van der Waals surface area contributed by atoms with E-state index in [1.165, 1.54) is 10.5 Å². The number of nitrogens with zero attached hydrogens (tertiary/aromatic N) is 1. The van der Waals surface area contributed by atoms with Crippen molar-refractivity contribution in [3.63, 3.8) is 0 Å². The van der Waals surface area contributed by atoms with Crippen LogP contribution in [0.2, 0.25) is 0 Å². The van der Waals surface area contributed by atoms with Crippen molar-refractivity contribution in [3.05, 3.63) is 90.0 Å². The van der Waals surface area contributed by atoms with Gasteiger partial charge in [0, 0.05) is 6.42 Å². The van der Waals surface area contributed by atoms with Crippen LogP contribution in [0.1, 0.15) is 17.5 Å². The van der Waals surface area contributed by atoms with Gasteiger partial charge in [-0.25, -0.2) is 0 Å². The monoisotopic (exact) mass is 371 g/mol. The molecular weight excluding hydrogens is 350 g/mol. The zero-order valence-electron chi connectivity index (χ0n) is 15.7. The van der Waals surface area contributed by atoms with E-state index >= 15 is 0 Å². The van der Waals surface area contributed by atoms with Crippen LogP contribution in [0.15, 0.2) is 78.9 Å². The van der Waals surface area contributed by atoms with Crippen LogP contribution in [0.25, 0.3) is 0 Å². The molecule has 1 aliphatic heterocycles. The van der Waals surface area contributed by atoms with Crippen LogP contribution >= 0.6 is 0 Å². The van der Waals surface area contributed by atoms with Gasteiger partial charge in [-0.05, 0) is 55.3 Å². The second-order valence-corrected chi connectivity index (χ2v) is 7.07. The fourth-order valence-electron chi connectivity index (χ4n) is 3.42. The molecule has 4 rings (SSSR count). The van der Waals surface area contributed by atoms with Crippen molar-refractivity contribution in [1.29, 1.82) is 0 Å². The van der Waals surface area contributed by atoms with E-state index in [0.717, 1.165) is 11.3 Å². The molecule has 1 fully saturated rings. The highest BCUT2D eigenvalue weighted by Gasteiger charge is 2.39. The van der Waals surface area contributed by atoms with Crippen molar-refractivity contribution in [2.45, 2.75) is 19.8 Å². The van der Waals surface area contributed by atoms with E-state index in [-0.39, 0.29) is 24.2 Å². The Bertz CT molecular complexity index is 979. The van der Waals surface area contributed by atoms with E-state index in [2.05, 4.69) is 0 Å². The Labute approximate surface area is 164 Å². The van der Waals surface area contributed by atoms with Crippen LogP contribution in [-0.4, -0.2) is 11.8 Å². The Balaban J connectivity index is 1.47. The number of hydrogen-bond acceptors (Lipinski definition) is 3. The molecule has 1 unspecified atom stereocenters. The zero-order chi connectivity index (χ0) is 19.5. The number of rotatable bonds is 5. The van der Waals surface area contributed by atoms with E-state index in [0.29, 0.717) is 17.9 Å². The number of amides is 2. The molecule has 140 valence electrons. The summed E-state index contributed by atoms with van der Waals surface area (Å²) in [5, 5.41) is 0. The lowest BCUT2D eigenvalue weighted by Crippen LogP contribution is -2.30. The number of benzene rings is 3. The highest BCUT2D eigenvalue weighted by atomic mass is 16.5. The second-order valence-electron chi connectivity index (χ2n) is 7.07. The molecule has 0 saturated carbocycles. The van der Waals surface area contributed by atoms with Crippen molar-refractivity contribution >= 4 is 17.5 Å². The minimum Gasteiger partial charge on any atom is -0.457 e. The van der Waals surface area contributed by atoms with E-state index in [4.69, 9.17) is 4.74 Å². The molecule has 1 heterocycles. The molecule has 0 N–H and O–H groups in total. The van der Waals surface area contributed by atoms with Crippen LogP contribution in [0.4, 0.5) is 5.69 Å². The van der Waals surface area contributed by atoms with Gasteiger partial charge in [-0.15, -0.1) is 0 Å². The summed E-state index contributed by atoms with van der Waals surface area (Å²) in [6.45, 7) is 2.03. The molecule has 4 nitrogen and oxygen atoms in total. The van der Waals surface area contributed by atoms with Crippen LogP contribution in [0, 0.1) is 12.8 Å². The Hall–Kier alpha value is -3.40. The van der Waals surface area contributed by atoms with Gasteiger partial charge in [-0.1, -0.05) is 48.0 Å². The standard InChI is InChI=1S/C24H21NO3/c1-17-7-9-18(10-8-17)15-19-16-23(26)25(24(19)27)20-11-13-22(14-12-20)28-21-5-3-2-4-6-21/h2-14,19H,15-16H2,1H3. The maximum Gasteiger partial charge on any atom is 0.237 e. The average Bonchev–Trinajstić information content (AvgIpc) is 2.98. The Morgan fingerprint density at radius 1 is 0.857 bits per heavy atom. The fraction of sp³-hybridized carbons (Fsp3) is 0.167. The lowest BCUT2D eigenvalue weighted by Gasteiger charge is -2.16. The third kappa shape index (κ3) is 3.81. The molecule has 0 aliphatic carbocycles. The molecule has 28 heavy (non-hydrogen) atoms. The fourth-order valence-corrected chi connectivity index (χ4v) is 3.42. The lowest BCUT2D eigenvalue weighted by atomic mass is 9.97. The van der Waals surface area contributed by atoms with Crippen LogP contribution in [0.3, 0.4) is 0 Å². The molecule has 0 aromatic heterocycles. The van der Waals surface area contributed by atoms with Crippen molar-refractivity contribution in [2.75, 3.05) is 4.90 Å². The van der Waals surface area contributed by atoms with Gasteiger partial charge in [0.2, 0.25) is 11.8 Å². The average molecular weight is 371 g/mol. The van der Waals surface area contributed by atoms with Crippen molar-refractivity contribution in [3.8, 4) is 11.5 Å². The third-order valence-corrected chi connectivity index (χ3v) is 4.92. The molecule has 0 bridgehead atoms. The molecule has 2 amide bonds. The molecular formula is C24H21NO3. The quantitative estimate of drug-likeness (QED) is 0.599. The van der Waals surface area contributed by atoms with Gasteiger partial charge in [0.15, 0.2) is 0 Å². The number of carbonyl (C=O) groups excluding carboxylic acids is 2. The number of carbonyl (C=O) groups is 2. The largest absolute Gasteiger partial charge is 0.457 e. The maximum absolute atomic E-state index is 12.8. The topological polar surface area (TPSA) is 46.6 Å². The van der Waals surface area contributed by atoms with Crippen LogP contribution in [0.5, 0.6) is 11.5 Å². The first-order valence-electron chi connectivity index (χ1n) is 9.35. The Kier molecular flexibility index (Phi) is 4.94. The molecule has 0 radical (unpaired) electrons. The normalized spacial score (nSPS) is 16.5. The molecule has 1 aliphatic rings. The summed E-state index contributed by atoms with van der Waals surface area (Å²) >= 11 is 0. The van der Waals surface area contributed by atoms with E-state index in [9.17, 15) is 9.59 Å². The van der Waals surface area contributed by atoms with Crippen molar-refractivity contribution in [1.82, 2.24) is 0 Å². The maximum atomic E-state index is 12.8. The molecule has 3 aromatic carbocycles. The van der Waals surface area contributed by atoms with Crippen LogP contribution in [-0.2, 0) is 16.0 Å². The second kappa shape index (κ2) is 7.69. The minimum atomic E-state index is -0.310. The first-order valence-corrected chi connectivity index (χ1v) is 9.35. The highest BCUT2D eigenvalue weighted by Crippen LogP contribution is 2.31. The smallest absolute Gasteiger partial charge is 0.237 e. The predicted octanol–water partition coefficient (Wildman–Crippen LogP) is 4.91. The van der Waals surface area contributed by atoms with Gasteiger partial charge in [0.05, 0.1) is 11.6 Å². The van der Waals surface area contributed by atoms with Crippen molar-refractivity contribution < 1.29 is 14.3 Å². The first kappa shape index (κ1) is 18.0. The molecule has 4 heteroatoms. The Morgan fingerprint density at radius 3 is 2.18 bits per heavy atom. The molecule has 1 atom stereocenters. The summed E-state index contributed by atoms with van der Waals surface area (Å²) in [5.41, 5.74) is 2.84. The predicted molar refractivity (Wildman–Crippen MR) is 108 cm³/mol. The van der Waals surface area contributed by atoms with E-state index in [1.54, 1.807) is 24.3 Å². The number of hydrogen-bond donors (Lipinski definition) is 0. The number of ether oxygens (including phenoxy) is 1. The van der Waals surface area contributed by atoms with Crippen LogP contribution < -0.4 is 9.64 Å². The minimum absolute atomic E-state index is 0.137. The van der Waals surface area contributed by atoms with Gasteiger partial charge < -0.3 is 4.74 Å². The van der Waals surface area contributed by atoms with Crippen molar-refractivity contribution in [2.24, 2.45) is 5.92 Å². The van der Waals surface area contributed by atoms with Gasteiger partial charge >= 0.3 is 0 Å². The first-order chi connectivity index (χ1) is 13.6. The molecule has 0 spiro atoms. The number of anilines is 1. The van der Waals surface area contributed by atoms with E-state index < -0.39 is 0 Å². The highest BCUT2D eigenvalue weighted by molar-refractivity contribution is 6.21. The number of para-hydroxylation sites is 1. The molecule has 3 aromatic rings.